The minimum atomic E-state index is -0.344. The zero-order valence-corrected chi connectivity index (χ0v) is 14.5. The number of esters is 1. The van der Waals surface area contributed by atoms with Crippen molar-refractivity contribution < 1.29 is 14.3 Å². The van der Waals surface area contributed by atoms with Gasteiger partial charge in [-0.05, 0) is 37.6 Å². The number of benzene rings is 1. The van der Waals surface area contributed by atoms with Crippen LogP contribution in [0.5, 0.6) is 0 Å². The fraction of sp³-hybridized carbons (Fsp3) is 0.500. The number of halogens is 1. The minimum absolute atomic E-state index is 0.0624. The van der Waals surface area contributed by atoms with Gasteiger partial charge in [-0.1, -0.05) is 29.8 Å². The van der Waals surface area contributed by atoms with Crippen LogP contribution < -0.4 is 0 Å². The number of methoxy groups -OCH3 is 1. The average molecular weight is 356 g/mol. The molecule has 0 spiro atoms. The van der Waals surface area contributed by atoms with Gasteiger partial charge in [0, 0.05) is 22.6 Å². The Labute approximate surface area is 134 Å². The topological polar surface area (TPSA) is 46.6 Å². The number of hydrogen-bond acceptors (Lipinski definition) is 3. The highest BCUT2D eigenvalue weighted by molar-refractivity contribution is 9.10. The van der Waals surface area contributed by atoms with E-state index < -0.39 is 0 Å². The normalized spacial score (nSPS) is 13.4. The van der Waals surface area contributed by atoms with Crippen LogP contribution in [0.2, 0.25) is 0 Å². The van der Waals surface area contributed by atoms with E-state index in [1.54, 1.807) is 24.0 Å². The fourth-order valence-electron chi connectivity index (χ4n) is 2.01. The number of amides is 1. The van der Waals surface area contributed by atoms with E-state index >= 15 is 0 Å². The lowest BCUT2D eigenvalue weighted by molar-refractivity contribution is -0.145. The van der Waals surface area contributed by atoms with Gasteiger partial charge in [0.2, 0.25) is 0 Å². The predicted molar refractivity (Wildman–Crippen MR) is 86.1 cm³/mol. The van der Waals surface area contributed by atoms with Crippen molar-refractivity contribution in [2.24, 2.45) is 5.92 Å². The zero-order valence-electron chi connectivity index (χ0n) is 12.9. The van der Waals surface area contributed by atoms with Crippen molar-refractivity contribution in [1.29, 1.82) is 0 Å². The molecule has 0 saturated carbocycles. The van der Waals surface area contributed by atoms with Crippen LogP contribution in [0.15, 0.2) is 28.7 Å². The molecule has 0 aliphatic rings. The Morgan fingerprint density at radius 3 is 2.29 bits per heavy atom. The summed E-state index contributed by atoms with van der Waals surface area (Å²) in [5, 5.41) is 0. The Hall–Kier alpha value is -1.36. The van der Waals surface area contributed by atoms with Crippen molar-refractivity contribution in [2.45, 2.75) is 33.2 Å². The van der Waals surface area contributed by atoms with Gasteiger partial charge in [0.1, 0.15) is 0 Å². The van der Waals surface area contributed by atoms with Gasteiger partial charge in [-0.25, -0.2) is 0 Å². The van der Waals surface area contributed by atoms with Crippen molar-refractivity contribution in [3.63, 3.8) is 0 Å². The van der Waals surface area contributed by atoms with Gasteiger partial charge in [-0.15, -0.1) is 0 Å². The lowest BCUT2D eigenvalue weighted by Crippen LogP contribution is -2.42. The second-order valence-corrected chi connectivity index (χ2v) is 6.06. The fourth-order valence-corrected chi connectivity index (χ4v) is 2.28. The molecule has 1 rings (SSSR count). The second-order valence-electron chi connectivity index (χ2n) is 5.15. The molecule has 0 bridgehead atoms. The smallest absolute Gasteiger partial charge is 0.310 e. The zero-order chi connectivity index (χ0) is 16.0. The van der Waals surface area contributed by atoms with E-state index in [0.717, 1.165) is 10.9 Å². The molecule has 1 amide bonds. The van der Waals surface area contributed by atoms with Crippen molar-refractivity contribution in [3.8, 4) is 0 Å². The first-order chi connectivity index (χ1) is 9.90. The molecule has 4 nitrogen and oxygen atoms in total. The van der Waals surface area contributed by atoms with Crippen LogP contribution in [-0.2, 0) is 9.53 Å². The molecule has 1 aromatic carbocycles. The minimum Gasteiger partial charge on any atom is -0.469 e. The number of rotatable bonds is 6. The van der Waals surface area contributed by atoms with Gasteiger partial charge < -0.3 is 9.64 Å². The maximum absolute atomic E-state index is 12.7. The van der Waals surface area contributed by atoms with Crippen LogP contribution in [0.25, 0.3) is 0 Å². The molecule has 2 atom stereocenters. The summed E-state index contributed by atoms with van der Waals surface area (Å²) < 4.78 is 5.67. The van der Waals surface area contributed by atoms with Crippen molar-refractivity contribution >= 4 is 27.8 Å². The summed E-state index contributed by atoms with van der Waals surface area (Å²) in [5.74, 6) is -0.706. The lowest BCUT2D eigenvalue weighted by Gasteiger charge is -2.30. The van der Waals surface area contributed by atoms with E-state index in [2.05, 4.69) is 15.9 Å². The number of carbonyl (C=O) groups is 2. The Morgan fingerprint density at radius 1 is 1.24 bits per heavy atom. The highest BCUT2D eigenvalue weighted by atomic mass is 79.9. The molecule has 1 aromatic rings. The molecule has 0 aliphatic carbocycles. The van der Waals surface area contributed by atoms with Gasteiger partial charge in [0.15, 0.2) is 0 Å². The quantitative estimate of drug-likeness (QED) is 0.733. The second kappa shape index (κ2) is 8.17. The Kier molecular flexibility index (Phi) is 6.89. The first-order valence-corrected chi connectivity index (χ1v) is 7.84. The summed E-state index contributed by atoms with van der Waals surface area (Å²) >= 11 is 3.36. The van der Waals surface area contributed by atoms with Gasteiger partial charge >= 0.3 is 5.97 Å². The number of nitrogens with zero attached hydrogens (tertiary/aromatic N) is 1. The summed E-state index contributed by atoms with van der Waals surface area (Å²) in [7, 11) is 1.36. The number of carbonyl (C=O) groups excluding carboxylic acids is 2. The molecule has 0 fully saturated rings. The van der Waals surface area contributed by atoms with Crippen molar-refractivity contribution in [2.75, 3.05) is 13.7 Å². The van der Waals surface area contributed by atoms with E-state index in [9.17, 15) is 9.59 Å². The van der Waals surface area contributed by atoms with Crippen LogP contribution in [0.1, 0.15) is 37.6 Å². The molecule has 5 heteroatoms. The van der Waals surface area contributed by atoms with Crippen molar-refractivity contribution in [1.82, 2.24) is 4.90 Å². The van der Waals surface area contributed by atoms with Gasteiger partial charge in [-0.3, -0.25) is 9.59 Å². The largest absolute Gasteiger partial charge is 0.469 e. The molecule has 0 saturated heterocycles. The summed E-state index contributed by atoms with van der Waals surface area (Å²) in [5.41, 5.74) is 0.621. The molecule has 0 radical (unpaired) electrons. The highest BCUT2D eigenvalue weighted by Crippen LogP contribution is 2.16. The standard InChI is InChI=1S/C16H22BrNO3/c1-5-12(3)18(10-11(2)16(20)21-4)15(19)13-6-8-14(17)9-7-13/h6-9,11-12H,5,10H2,1-4H3. The summed E-state index contributed by atoms with van der Waals surface area (Å²) in [6, 6.07) is 7.31. The Morgan fingerprint density at radius 2 is 1.81 bits per heavy atom. The summed E-state index contributed by atoms with van der Waals surface area (Å²) in [4.78, 5) is 26.0. The van der Waals surface area contributed by atoms with Gasteiger partial charge in [0.05, 0.1) is 13.0 Å². The van der Waals surface area contributed by atoms with E-state index in [4.69, 9.17) is 4.74 Å². The highest BCUT2D eigenvalue weighted by Gasteiger charge is 2.25. The summed E-state index contributed by atoms with van der Waals surface area (Å²) in [6.45, 7) is 6.14. The predicted octanol–water partition coefficient (Wildman–Crippen LogP) is 3.50. The molecule has 0 aromatic heterocycles. The maximum atomic E-state index is 12.7. The third-order valence-electron chi connectivity index (χ3n) is 3.55. The van der Waals surface area contributed by atoms with Crippen LogP contribution in [0.3, 0.4) is 0 Å². The van der Waals surface area contributed by atoms with Crippen LogP contribution in [-0.4, -0.2) is 36.5 Å². The molecule has 0 heterocycles. The van der Waals surface area contributed by atoms with E-state index in [-0.39, 0.29) is 23.8 Å². The van der Waals surface area contributed by atoms with Crippen LogP contribution in [0, 0.1) is 5.92 Å². The molecule has 2 unspecified atom stereocenters. The molecule has 0 N–H and O–H groups in total. The van der Waals surface area contributed by atoms with E-state index in [1.165, 1.54) is 7.11 Å². The van der Waals surface area contributed by atoms with Crippen LogP contribution in [0.4, 0.5) is 0 Å². The lowest BCUT2D eigenvalue weighted by atomic mass is 10.1. The molecule has 21 heavy (non-hydrogen) atoms. The molecule has 116 valence electrons. The third kappa shape index (κ3) is 4.84. The maximum Gasteiger partial charge on any atom is 0.310 e. The Bertz CT molecular complexity index is 487. The van der Waals surface area contributed by atoms with Gasteiger partial charge in [-0.2, -0.15) is 0 Å². The third-order valence-corrected chi connectivity index (χ3v) is 4.08. The SMILES string of the molecule is CCC(C)N(CC(C)C(=O)OC)C(=O)c1ccc(Br)cc1. The average Bonchev–Trinajstić information content (AvgIpc) is 2.50. The molecular formula is C16H22BrNO3. The molecular weight excluding hydrogens is 334 g/mol. The van der Waals surface area contributed by atoms with Crippen LogP contribution >= 0.6 is 15.9 Å². The Balaban J connectivity index is 2.94. The monoisotopic (exact) mass is 355 g/mol. The van der Waals surface area contributed by atoms with E-state index in [1.807, 2.05) is 26.0 Å². The summed E-state index contributed by atoms with van der Waals surface area (Å²) in [6.07, 6.45) is 0.830. The first-order valence-electron chi connectivity index (χ1n) is 7.05. The number of hydrogen-bond donors (Lipinski definition) is 0. The van der Waals surface area contributed by atoms with Gasteiger partial charge in [0.25, 0.3) is 5.91 Å². The van der Waals surface area contributed by atoms with Crippen molar-refractivity contribution in [3.05, 3.63) is 34.3 Å². The molecule has 0 aliphatic heterocycles. The first kappa shape index (κ1) is 17.7. The number of ether oxygens (including phenoxy) is 1. The van der Waals surface area contributed by atoms with E-state index in [0.29, 0.717) is 12.1 Å².